The van der Waals surface area contributed by atoms with Crippen LogP contribution in [0.1, 0.15) is 55.2 Å². The minimum atomic E-state index is -2.18. The highest BCUT2D eigenvalue weighted by Gasteiger charge is 2.44. The van der Waals surface area contributed by atoms with E-state index >= 15 is 0 Å². The van der Waals surface area contributed by atoms with Crippen molar-refractivity contribution in [3.63, 3.8) is 0 Å². The van der Waals surface area contributed by atoms with E-state index < -0.39 is 24.2 Å². The number of alkyl halides is 1. The van der Waals surface area contributed by atoms with Gasteiger partial charge in [-0.2, -0.15) is 0 Å². The molecule has 2 aromatic rings. The molecule has 2 bridgehead atoms. The summed E-state index contributed by atoms with van der Waals surface area (Å²) in [5.74, 6) is -0.000866. The second kappa shape index (κ2) is 15.8. The fraction of sp³-hybridized carbons (Fsp3) is 0.579. The van der Waals surface area contributed by atoms with Gasteiger partial charge in [-0.1, -0.05) is 35.9 Å². The lowest BCUT2D eigenvalue weighted by molar-refractivity contribution is -0.168. The topological polar surface area (TPSA) is 91.8 Å². The number of anilines is 1. The number of benzene rings is 2. The first-order valence-corrected chi connectivity index (χ1v) is 18.0. The molecule has 2 fully saturated rings. The van der Waals surface area contributed by atoms with Crippen molar-refractivity contribution in [3.05, 3.63) is 70.3 Å². The van der Waals surface area contributed by atoms with Gasteiger partial charge in [-0.25, -0.2) is 9.18 Å². The number of likely N-dealkylation sites (tertiary alicyclic amines) is 1. The quantitative estimate of drug-likeness (QED) is 0.333. The SMILES string of the molecule is COC(=O)[C@@]1(O)CC(=O)N(C)CC/C=C/[C@H](OCCN2CC(F)C2)[C@@H]2CC[C@H]2CN2CCCCc3cc(Cl)ccc3COc3ccc1cc32. The Bertz CT molecular complexity index is 1520. The maximum absolute atomic E-state index is 13.5. The van der Waals surface area contributed by atoms with Gasteiger partial charge in [0.25, 0.3) is 0 Å². The number of rotatable bonds is 5. The number of methoxy groups -OCH3 is 1. The molecule has 0 radical (unpaired) electrons. The number of halogens is 2. The van der Waals surface area contributed by atoms with Gasteiger partial charge in [-0.05, 0) is 91.3 Å². The molecule has 4 atom stereocenters. The number of carbonyl (C=O) groups excluding carboxylic acids is 2. The molecular formula is C38H49ClFN3O6. The first-order valence-electron chi connectivity index (χ1n) is 17.6. The number of aliphatic hydroxyl groups is 1. The number of carbonyl (C=O) groups is 2. The number of esters is 1. The predicted molar refractivity (Wildman–Crippen MR) is 187 cm³/mol. The normalized spacial score (nSPS) is 27.8. The van der Waals surface area contributed by atoms with Crippen molar-refractivity contribution in [1.29, 1.82) is 0 Å². The van der Waals surface area contributed by atoms with Crippen LogP contribution in [0.25, 0.3) is 0 Å². The molecule has 3 heterocycles. The second-order valence-electron chi connectivity index (χ2n) is 14.0. The lowest BCUT2D eigenvalue weighted by Crippen LogP contribution is -2.50. The third-order valence-corrected chi connectivity index (χ3v) is 11.0. The number of hydrogen-bond donors (Lipinski definition) is 1. The summed E-state index contributed by atoms with van der Waals surface area (Å²) in [5, 5.41) is 12.6. The zero-order valence-corrected chi connectivity index (χ0v) is 29.4. The molecule has 3 aliphatic heterocycles. The average Bonchev–Trinajstić information content (AvgIpc) is 3.09. The largest absolute Gasteiger partial charge is 0.487 e. The van der Waals surface area contributed by atoms with Gasteiger partial charge in [0.1, 0.15) is 18.5 Å². The Balaban J connectivity index is 1.35. The Morgan fingerprint density at radius 1 is 1.10 bits per heavy atom. The zero-order chi connectivity index (χ0) is 34.5. The molecule has 0 spiro atoms. The molecule has 11 heteroatoms. The number of amides is 1. The molecule has 9 nitrogen and oxygen atoms in total. The molecule has 6 rings (SSSR count). The summed E-state index contributed by atoms with van der Waals surface area (Å²) in [6.07, 6.45) is 8.31. The molecule has 1 amide bonds. The first-order chi connectivity index (χ1) is 23.6. The highest BCUT2D eigenvalue weighted by Crippen LogP contribution is 2.43. The second-order valence-corrected chi connectivity index (χ2v) is 14.5. The Labute approximate surface area is 293 Å². The molecule has 0 aromatic heterocycles. The van der Waals surface area contributed by atoms with E-state index in [0.717, 1.165) is 56.4 Å². The van der Waals surface area contributed by atoms with Crippen molar-refractivity contribution >= 4 is 29.2 Å². The molecular weight excluding hydrogens is 649 g/mol. The van der Waals surface area contributed by atoms with Crippen LogP contribution in [0.5, 0.6) is 5.75 Å². The lowest BCUT2D eigenvalue weighted by atomic mass is 9.70. The van der Waals surface area contributed by atoms with Gasteiger partial charge in [-0.15, -0.1) is 0 Å². The smallest absolute Gasteiger partial charge is 0.343 e. The number of aryl methyl sites for hydroxylation is 1. The summed E-state index contributed by atoms with van der Waals surface area (Å²) >= 11 is 6.37. The molecule has 1 N–H and O–H groups in total. The minimum absolute atomic E-state index is 0.0928. The van der Waals surface area contributed by atoms with Crippen LogP contribution in [0.3, 0.4) is 0 Å². The fourth-order valence-corrected chi connectivity index (χ4v) is 7.69. The van der Waals surface area contributed by atoms with E-state index in [-0.39, 0.29) is 23.5 Å². The first kappa shape index (κ1) is 35.6. The third kappa shape index (κ3) is 8.25. The van der Waals surface area contributed by atoms with Crippen molar-refractivity contribution in [1.82, 2.24) is 9.80 Å². The van der Waals surface area contributed by atoms with Crippen LogP contribution in [-0.2, 0) is 37.7 Å². The van der Waals surface area contributed by atoms with Crippen LogP contribution in [0.2, 0.25) is 5.02 Å². The molecule has 4 aliphatic rings. The van der Waals surface area contributed by atoms with E-state index in [4.69, 9.17) is 25.8 Å². The van der Waals surface area contributed by atoms with Gasteiger partial charge < -0.3 is 29.1 Å². The van der Waals surface area contributed by atoms with E-state index in [2.05, 4.69) is 22.0 Å². The fourth-order valence-electron chi connectivity index (χ4n) is 7.50. The van der Waals surface area contributed by atoms with Crippen LogP contribution >= 0.6 is 11.6 Å². The van der Waals surface area contributed by atoms with Crippen LogP contribution < -0.4 is 9.64 Å². The summed E-state index contributed by atoms with van der Waals surface area (Å²) in [6.45, 7) is 4.40. The molecule has 1 aliphatic carbocycles. The van der Waals surface area contributed by atoms with Gasteiger partial charge >= 0.3 is 5.97 Å². The zero-order valence-electron chi connectivity index (χ0n) is 28.6. The molecule has 1 saturated heterocycles. The van der Waals surface area contributed by atoms with Gasteiger partial charge in [-0.3, -0.25) is 9.69 Å². The number of ether oxygens (including phenoxy) is 3. The van der Waals surface area contributed by atoms with Gasteiger partial charge in [0.2, 0.25) is 5.91 Å². The summed E-state index contributed by atoms with van der Waals surface area (Å²) in [5.41, 5.74) is 1.10. The molecule has 2 aromatic carbocycles. The van der Waals surface area contributed by atoms with Crippen molar-refractivity contribution < 1.29 is 33.3 Å². The van der Waals surface area contributed by atoms with E-state index in [0.29, 0.717) is 62.5 Å². The third-order valence-electron chi connectivity index (χ3n) is 10.7. The highest BCUT2D eigenvalue weighted by atomic mass is 35.5. The highest BCUT2D eigenvalue weighted by molar-refractivity contribution is 6.30. The monoisotopic (exact) mass is 697 g/mol. The predicted octanol–water partition coefficient (Wildman–Crippen LogP) is 5.30. The summed E-state index contributed by atoms with van der Waals surface area (Å²) in [4.78, 5) is 32.6. The molecule has 49 heavy (non-hydrogen) atoms. The average molecular weight is 698 g/mol. The van der Waals surface area contributed by atoms with Crippen LogP contribution in [0.15, 0.2) is 48.6 Å². The van der Waals surface area contributed by atoms with Crippen LogP contribution in [0.4, 0.5) is 10.1 Å². The summed E-state index contributed by atoms with van der Waals surface area (Å²) in [7, 11) is 2.90. The number of hydrogen-bond acceptors (Lipinski definition) is 8. The van der Waals surface area contributed by atoms with Gasteiger partial charge in [0.15, 0.2) is 5.60 Å². The Morgan fingerprint density at radius 2 is 1.94 bits per heavy atom. The van der Waals surface area contributed by atoms with Crippen LogP contribution in [0, 0.1) is 11.8 Å². The van der Waals surface area contributed by atoms with Crippen LogP contribution in [-0.4, -0.2) is 99.1 Å². The lowest BCUT2D eigenvalue weighted by Gasteiger charge is -2.44. The van der Waals surface area contributed by atoms with E-state index in [1.54, 1.807) is 25.2 Å². The van der Waals surface area contributed by atoms with E-state index in [9.17, 15) is 19.1 Å². The maximum atomic E-state index is 13.5. The van der Waals surface area contributed by atoms with Gasteiger partial charge in [0, 0.05) is 51.3 Å². The van der Waals surface area contributed by atoms with Crippen molar-refractivity contribution in [2.24, 2.45) is 11.8 Å². The van der Waals surface area contributed by atoms with E-state index in [1.807, 2.05) is 18.2 Å². The number of fused-ring (bicyclic) bond motifs is 3. The van der Waals surface area contributed by atoms with Gasteiger partial charge in [0.05, 0.1) is 31.9 Å². The van der Waals surface area contributed by atoms with Crippen molar-refractivity contribution in [3.8, 4) is 5.75 Å². The molecule has 1 saturated carbocycles. The van der Waals surface area contributed by atoms with E-state index in [1.165, 1.54) is 17.6 Å². The molecule has 0 unspecified atom stereocenters. The Kier molecular flexibility index (Phi) is 11.5. The summed E-state index contributed by atoms with van der Waals surface area (Å²) < 4.78 is 31.5. The minimum Gasteiger partial charge on any atom is -0.487 e. The summed E-state index contributed by atoms with van der Waals surface area (Å²) in [6, 6.07) is 11.2. The Hall–Kier alpha value is -3.18. The maximum Gasteiger partial charge on any atom is 0.343 e. The van der Waals surface area contributed by atoms with Crippen molar-refractivity contribution in [2.75, 3.05) is 64.9 Å². The van der Waals surface area contributed by atoms with Crippen molar-refractivity contribution in [2.45, 2.75) is 69.4 Å². The standard InChI is InChI=1S/C38H49ClFN3O6/c1-41-15-5-4-8-34(48-18-17-42-23-31(40)24-42)32-13-10-27(32)22-43-16-6-3-7-26-19-30(39)12-9-28(26)25-49-35-14-11-29(20-33(35)43)38(46,21-36(41)44)37(45)47-2/h4,8-9,11-12,14,19-20,27,31-32,34,46H,3,5-7,10,13,15-18,21-25H2,1-2H3/b8-4+/t27-,32+,34-,38+/m0/s1. The number of nitrogens with zero attached hydrogens (tertiary/aromatic N) is 3. The molecule has 266 valence electrons. The Morgan fingerprint density at radius 3 is 2.69 bits per heavy atom.